The Hall–Kier alpha value is -2.50. The average molecular weight is 658 g/mol. The lowest BCUT2D eigenvalue weighted by Crippen LogP contribution is -2.33. The molecule has 0 atom stereocenters. The Bertz CT molecular complexity index is 1350. The van der Waals surface area contributed by atoms with Gasteiger partial charge in [-0.25, -0.2) is 4.98 Å². The van der Waals surface area contributed by atoms with Gasteiger partial charge in [0.25, 0.3) is 0 Å². The highest BCUT2D eigenvalue weighted by Crippen LogP contribution is 2.41. The fourth-order valence-corrected chi connectivity index (χ4v) is 8.28. The molecule has 250 valence electrons. The van der Waals surface area contributed by atoms with Crippen molar-refractivity contribution < 1.29 is 0 Å². The number of nitrogens with two attached hydrogens (primary N) is 1. The maximum absolute atomic E-state index is 5.19. The minimum Gasteiger partial charge on any atom is -0.402 e. The number of nitrogens with zero attached hydrogens (tertiary/aromatic N) is 2. The SMILES string of the molecule is C=C(C1CCCCC1)N(CC1CCC(c2ccc(CC)c(C)c2)CC1)c1cccc(C)c1.C=C(N)CSC.c1csc(C2CC2)n1. The minimum absolute atomic E-state index is 0.667. The Morgan fingerprint density at radius 3 is 2.20 bits per heavy atom. The van der Waals surface area contributed by atoms with Crippen LogP contribution in [0.25, 0.3) is 0 Å². The number of rotatable bonds is 10. The summed E-state index contributed by atoms with van der Waals surface area (Å²) in [5.41, 5.74) is 14.6. The van der Waals surface area contributed by atoms with E-state index >= 15 is 0 Å². The second-order valence-electron chi connectivity index (χ2n) is 13.8. The molecule has 0 amide bonds. The molecule has 3 saturated carbocycles. The molecule has 3 nitrogen and oxygen atoms in total. The average Bonchev–Trinajstić information content (AvgIpc) is 3.77. The fraction of sp³-hybridized carbons (Fsp3) is 0.537. The molecule has 6 rings (SSSR count). The van der Waals surface area contributed by atoms with Crippen LogP contribution in [0.1, 0.15) is 117 Å². The van der Waals surface area contributed by atoms with Crippen molar-refractivity contribution in [2.75, 3.05) is 23.5 Å². The molecule has 46 heavy (non-hydrogen) atoms. The fourth-order valence-electron chi connectivity index (χ4n) is 7.10. The highest BCUT2D eigenvalue weighted by molar-refractivity contribution is 7.98. The lowest BCUT2D eigenvalue weighted by Gasteiger charge is -2.38. The van der Waals surface area contributed by atoms with Gasteiger partial charge in [-0.1, -0.05) is 69.7 Å². The van der Waals surface area contributed by atoms with Crippen LogP contribution >= 0.6 is 23.1 Å². The number of thioether (sulfide) groups is 1. The Balaban J connectivity index is 0.000000280. The van der Waals surface area contributed by atoms with Gasteiger partial charge in [-0.2, -0.15) is 11.8 Å². The standard InChI is InChI=1S/C31H43N.C6H7NS.C4H9NS/c1-5-27-18-19-30(21-24(27)3)29-16-14-26(15-17-29)22-32(31-13-9-10-23(2)20-31)25(4)28-11-7-6-8-12-28;1-2-5(1)6-7-3-4-8-6;1-4(5)3-6-2/h9-10,13,18-21,26,28-29H,4-8,11-12,14-17,22H2,1-3H3;3-5H,1-2H2;1,3,5H2,2H3. The number of benzene rings is 2. The zero-order chi connectivity index (χ0) is 32.9. The molecular weight excluding hydrogens is 599 g/mol. The molecule has 0 aliphatic heterocycles. The molecule has 5 heteroatoms. The molecule has 3 aliphatic carbocycles. The molecule has 0 bridgehead atoms. The van der Waals surface area contributed by atoms with Gasteiger partial charge in [-0.3, -0.25) is 0 Å². The van der Waals surface area contributed by atoms with Gasteiger partial charge in [0.2, 0.25) is 0 Å². The van der Waals surface area contributed by atoms with Gasteiger partial charge in [-0.05, 0) is 130 Å². The van der Waals surface area contributed by atoms with Gasteiger partial charge >= 0.3 is 0 Å². The number of aromatic nitrogens is 1. The van der Waals surface area contributed by atoms with E-state index in [-0.39, 0.29) is 0 Å². The van der Waals surface area contributed by atoms with E-state index in [1.165, 1.54) is 104 Å². The van der Waals surface area contributed by atoms with Crippen LogP contribution in [0.3, 0.4) is 0 Å². The second-order valence-corrected chi connectivity index (χ2v) is 15.6. The first-order valence-electron chi connectivity index (χ1n) is 17.7. The van der Waals surface area contributed by atoms with Crippen molar-refractivity contribution in [2.45, 2.75) is 110 Å². The highest BCUT2D eigenvalue weighted by Gasteiger charge is 2.28. The number of allylic oxidation sites excluding steroid dienone is 1. The van der Waals surface area contributed by atoms with Crippen LogP contribution in [-0.4, -0.2) is 23.5 Å². The van der Waals surface area contributed by atoms with Crippen molar-refractivity contribution in [1.29, 1.82) is 0 Å². The van der Waals surface area contributed by atoms with E-state index in [2.05, 4.69) is 86.3 Å². The minimum atomic E-state index is 0.667. The van der Waals surface area contributed by atoms with E-state index in [1.807, 2.05) is 17.8 Å². The molecule has 0 spiro atoms. The summed E-state index contributed by atoms with van der Waals surface area (Å²) in [4.78, 5) is 6.80. The molecule has 1 aromatic heterocycles. The smallest absolute Gasteiger partial charge is 0.0955 e. The number of hydrogen-bond acceptors (Lipinski definition) is 5. The quantitative estimate of drug-likeness (QED) is 0.236. The van der Waals surface area contributed by atoms with Gasteiger partial charge < -0.3 is 10.6 Å². The van der Waals surface area contributed by atoms with Crippen LogP contribution in [0.15, 0.2) is 78.6 Å². The van der Waals surface area contributed by atoms with E-state index < -0.39 is 0 Å². The first kappa shape index (κ1) is 36.3. The molecule has 3 fully saturated rings. The number of hydrogen-bond donors (Lipinski definition) is 1. The summed E-state index contributed by atoms with van der Waals surface area (Å²) in [6.07, 6.45) is 19.9. The molecule has 2 N–H and O–H groups in total. The third kappa shape index (κ3) is 11.3. The van der Waals surface area contributed by atoms with Crippen molar-refractivity contribution in [3.8, 4) is 0 Å². The van der Waals surface area contributed by atoms with E-state index in [0.29, 0.717) is 5.92 Å². The zero-order valence-corrected chi connectivity index (χ0v) is 30.7. The molecule has 3 aliphatic rings. The van der Waals surface area contributed by atoms with Crippen LogP contribution in [0, 0.1) is 25.7 Å². The van der Waals surface area contributed by atoms with E-state index in [1.54, 1.807) is 28.7 Å². The monoisotopic (exact) mass is 657 g/mol. The molecule has 0 unspecified atom stereocenters. The summed E-state index contributed by atoms with van der Waals surface area (Å²) in [5, 5.41) is 3.39. The van der Waals surface area contributed by atoms with Crippen molar-refractivity contribution >= 4 is 28.8 Å². The maximum Gasteiger partial charge on any atom is 0.0955 e. The van der Waals surface area contributed by atoms with E-state index in [0.717, 1.165) is 42.2 Å². The lowest BCUT2D eigenvalue weighted by molar-refractivity contribution is 0.323. The summed E-state index contributed by atoms with van der Waals surface area (Å²) in [6.45, 7) is 16.1. The second kappa shape index (κ2) is 18.7. The molecule has 1 heterocycles. The number of aryl methyl sites for hydroxylation is 3. The van der Waals surface area contributed by atoms with Crippen molar-refractivity contribution in [2.24, 2.45) is 17.6 Å². The summed E-state index contributed by atoms with van der Waals surface area (Å²) in [6, 6.07) is 16.3. The van der Waals surface area contributed by atoms with Crippen LogP contribution < -0.4 is 10.6 Å². The maximum atomic E-state index is 5.19. The van der Waals surface area contributed by atoms with E-state index in [4.69, 9.17) is 5.73 Å². The van der Waals surface area contributed by atoms with Crippen molar-refractivity contribution in [3.05, 3.63) is 106 Å². The Kier molecular flexibility index (Phi) is 14.8. The normalized spacial score (nSPS) is 19.7. The topological polar surface area (TPSA) is 42.1 Å². The lowest BCUT2D eigenvalue weighted by atomic mass is 9.77. The Morgan fingerprint density at radius 2 is 1.65 bits per heavy atom. The van der Waals surface area contributed by atoms with Gasteiger partial charge in [0, 0.05) is 46.9 Å². The van der Waals surface area contributed by atoms with Crippen molar-refractivity contribution in [1.82, 2.24) is 4.98 Å². The summed E-state index contributed by atoms with van der Waals surface area (Å²) in [5.74, 6) is 3.89. The molecule has 3 aromatic rings. The zero-order valence-electron chi connectivity index (χ0n) is 29.1. The van der Waals surface area contributed by atoms with E-state index in [9.17, 15) is 0 Å². The summed E-state index contributed by atoms with van der Waals surface area (Å²) >= 11 is 3.47. The predicted molar refractivity (Wildman–Crippen MR) is 205 cm³/mol. The summed E-state index contributed by atoms with van der Waals surface area (Å²) < 4.78 is 0. The molecule has 0 saturated heterocycles. The summed E-state index contributed by atoms with van der Waals surface area (Å²) in [7, 11) is 0. The third-order valence-corrected chi connectivity index (χ3v) is 11.5. The van der Waals surface area contributed by atoms with Gasteiger partial charge in [0.15, 0.2) is 0 Å². The first-order valence-corrected chi connectivity index (χ1v) is 20.0. The highest BCUT2D eigenvalue weighted by atomic mass is 32.2. The molecule has 2 aromatic carbocycles. The van der Waals surface area contributed by atoms with Gasteiger partial charge in [0.05, 0.1) is 5.01 Å². The molecule has 0 radical (unpaired) electrons. The predicted octanol–water partition coefficient (Wildman–Crippen LogP) is 11.6. The van der Waals surface area contributed by atoms with Crippen LogP contribution in [0.4, 0.5) is 5.69 Å². The van der Waals surface area contributed by atoms with Crippen LogP contribution in [-0.2, 0) is 6.42 Å². The number of thiazole rings is 1. The van der Waals surface area contributed by atoms with Gasteiger partial charge in [-0.15, -0.1) is 11.3 Å². The van der Waals surface area contributed by atoms with Crippen LogP contribution in [0.5, 0.6) is 0 Å². The molecular formula is C41H59N3S2. The largest absolute Gasteiger partial charge is 0.402 e. The van der Waals surface area contributed by atoms with Crippen molar-refractivity contribution in [3.63, 3.8) is 0 Å². The Morgan fingerprint density at radius 1 is 0.935 bits per heavy atom. The Labute approximate surface area is 289 Å². The van der Waals surface area contributed by atoms with Gasteiger partial charge in [0.1, 0.15) is 0 Å². The van der Waals surface area contributed by atoms with Crippen LogP contribution in [0.2, 0.25) is 0 Å². The first-order chi connectivity index (χ1) is 22.3. The third-order valence-electron chi connectivity index (χ3n) is 9.95. The number of anilines is 1.